The molecule has 3 N–H and O–H groups in total. The van der Waals surface area contributed by atoms with Crippen molar-refractivity contribution in [3.8, 4) is 0 Å². The molecule has 2 bridgehead atoms. The van der Waals surface area contributed by atoms with Crippen LogP contribution in [0.15, 0.2) is 35.2 Å². The van der Waals surface area contributed by atoms with Gasteiger partial charge in [0, 0.05) is 6.54 Å². The number of nitrogens with one attached hydrogen (secondary N) is 3. The van der Waals surface area contributed by atoms with E-state index in [1.54, 1.807) is 32.0 Å². The Kier molecular flexibility index (Phi) is 6.92. The minimum absolute atomic E-state index is 0.0540. The number of carbonyl (C=O) groups is 3. The van der Waals surface area contributed by atoms with Gasteiger partial charge in [-0.05, 0) is 49.1 Å². The number of benzene rings is 1. The molecule has 8 nitrogen and oxygen atoms in total. The van der Waals surface area contributed by atoms with Crippen LogP contribution in [0.25, 0.3) is 0 Å². The lowest BCUT2D eigenvalue weighted by Crippen LogP contribution is -2.55. The highest BCUT2D eigenvalue weighted by molar-refractivity contribution is 7.89. The van der Waals surface area contributed by atoms with Gasteiger partial charge in [0.1, 0.15) is 6.04 Å². The summed E-state index contributed by atoms with van der Waals surface area (Å²) in [5, 5.41) is 5.32. The molecule has 1 saturated heterocycles. The molecule has 0 spiro atoms. The second-order valence-electron chi connectivity index (χ2n) is 8.57. The van der Waals surface area contributed by atoms with Gasteiger partial charge in [-0.25, -0.2) is 8.42 Å². The summed E-state index contributed by atoms with van der Waals surface area (Å²) < 4.78 is 27.8. The topological polar surface area (TPSA) is 121 Å². The molecular weight excluding hydrogens is 406 g/mol. The van der Waals surface area contributed by atoms with Crippen LogP contribution in [0.2, 0.25) is 0 Å². The van der Waals surface area contributed by atoms with Crippen molar-refractivity contribution >= 4 is 27.6 Å². The van der Waals surface area contributed by atoms with Gasteiger partial charge in [0.2, 0.25) is 21.7 Å². The number of Topliss-reactive ketones (excluding diaryl/α,β-unsaturated/α-hetero) is 1. The molecule has 164 valence electrons. The first-order valence-electron chi connectivity index (χ1n) is 10.4. The molecule has 1 aromatic rings. The zero-order valence-corrected chi connectivity index (χ0v) is 18.1. The quantitative estimate of drug-likeness (QED) is 0.575. The standard InChI is InChI=1S/C21H29N3O5S/c1-13(2)18(24-30(28,29)16-6-4-3-5-7-16)20(26)23-17-11-14-8-9-15(10-14)12-22-21(27)19(17)25/h3-7,13-15,17-18,24H,8-12H2,1-2H3,(H,22,27)(H,23,26). The fourth-order valence-corrected chi connectivity index (χ4v) is 5.58. The summed E-state index contributed by atoms with van der Waals surface area (Å²) in [5.74, 6) is -1.72. The molecule has 2 fully saturated rings. The lowest BCUT2D eigenvalue weighted by atomic mass is 9.94. The van der Waals surface area contributed by atoms with Crippen molar-refractivity contribution in [1.29, 1.82) is 0 Å². The van der Waals surface area contributed by atoms with Crippen molar-refractivity contribution in [2.24, 2.45) is 17.8 Å². The minimum Gasteiger partial charge on any atom is -0.349 e. The van der Waals surface area contributed by atoms with E-state index in [0.717, 1.165) is 19.3 Å². The Labute approximate surface area is 177 Å². The number of sulfonamides is 1. The zero-order valence-electron chi connectivity index (χ0n) is 17.3. The van der Waals surface area contributed by atoms with Gasteiger partial charge < -0.3 is 10.6 Å². The third-order valence-corrected chi connectivity index (χ3v) is 7.37. The second-order valence-corrected chi connectivity index (χ2v) is 10.3. The van der Waals surface area contributed by atoms with E-state index in [1.165, 1.54) is 12.1 Å². The van der Waals surface area contributed by atoms with Crippen molar-refractivity contribution in [2.45, 2.75) is 56.5 Å². The monoisotopic (exact) mass is 435 g/mol. The highest BCUT2D eigenvalue weighted by Gasteiger charge is 2.37. The first-order valence-corrected chi connectivity index (χ1v) is 11.9. The second kappa shape index (κ2) is 9.26. The Hall–Kier alpha value is -2.26. The maximum Gasteiger partial charge on any atom is 0.289 e. The molecule has 0 radical (unpaired) electrons. The molecule has 4 unspecified atom stereocenters. The van der Waals surface area contributed by atoms with Crippen LogP contribution in [0.3, 0.4) is 0 Å². The number of rotatable bonds is 6. The molecule has 1 aliphatic heterocycles. The van der Waals surface area contributed by atoms with E-state index in [1.807, 2.05) is 0 Å². The molecule has 2 aliphatic rings. The molecule has 2 amide bonds. The number of hydrogen-bond donors (Lipinski definition) is 3. The van der Waals surface area contributed by atoms with Gasteiger partial charge in [-0.2, -0.15) is 4.72 Å². The van der Waals surface area contributed by atoms with Gasteiger partial charge in [-0.15, -0.1) is 0 Å². The van der Waals surface area contributed by atoms with Crippen LogP contribution in [0.4, 0.5) is 0 Å². The van der Waals surface area contributed by atoms with Crippen LogP contribution in [-0.4, -0.2) is 44.6 Å². The van der Waals surface area contributed by atoms with Crippen molar-refractivity contribution in [1.82, 2.24) is 15.4 Å². The predicted octanol–water partition coefficient (Wildman–Crippen LogP) is 0.980. The van der Waals surface area contributed by atoms with Crippen molar-refractivity contribution in [3.05, 3.63) is 30.3 Å². The summed E-state index contributed by atoms with van der Waals surface area (Å²) in [6, 6.07) is 5.76. The maximum absolute atomic E-state index is 13.0. The summed E-state index contributed by atoms with van der Waals surface area (Å²) in [6.07, 6.45) is 3.25. The van der Waals surface area contributed by atoms with Gasteiger partial charge in [0.25, 0.3) is 5.91 Å². The van der Waals surface area contributed by atoms with Gasteiger partial charge in [0.15, 0.2) is 0 Å². The average molecular weight is 436 g/mol. The SMILES string of the molecule is CC(C)C(NS(=O)(=O)c1ccccc1)C(=O)NC1CC2CCC(CNC(=O)C1=O)C2. The summed E-state index contributed by atoms with van der Waals surface area (Å²) >= 11 is 0. The number of amides is 2. The molecule has 9 heteroatoms. The van der Waals surface area contributed by atoms with E-state index in [-0.39, 0.29) is 16.7 Å². The first-order chi connectivity index (χ1) is 14.2. The van der Waals surface area contributed by atoms with E-state index in [0.29, 0.717) is 18.9 Å². The molecular formula is C21H29N3O5S. The molecule has 3 rings (SSSR count). The maximum atomic E-state index is 13.0. The van der Waals surface area contributed by atoms with Crippen LogP contribution in [0, 0.1) is 17.8 Å². The molecule has 1 heterocycles. The van der Waals surface area contributed by atoms with Crippen LogP contribution in [0.1, 0.15) is 39.5 Å². The van der Waals surface area contributed by atoms with Crippen LogP contribution in [0.5, 0.6) is 0 Å². The van der Waals surface area contributed by atoms with Gasteiger partial charge in [-0.3, -0.25) is 14.4 Å². The summed E-state index contributed by atoms with van der Waals surface area (Å²) in [4.78, 5) is 37.8. The molecule has 0 aromatic heterocycles. The van der Waals surface area contributed by atoms with Crippen molar-refractivity contribution in [3.63, 3.8) is 0 Å². The van der Waals surface area contributed by atoms with Gasteiger partial charge in [-0.1, -0.05) is 38.5 Å². The van der Waals surface area contributed by atoms with E-state index < -0.39 is 39.7 Å². The average Bonchev–Trinajstić information content (AvgIpc) is 3.17. The highest BCUT2D eigenvalue weighted by atomic mass is 32.2. The molecule has 1 saturated carbocycles. The lowest BCUT2D eigenvalue weighted by molar-refractivity contribution is -0.140. The fourth-order valence-electron chi connectivity index (χ4n) is 4.21. The Bertz CT molecular complexity index is 900. The summed E-state index contributed by atoms with van der Waals surface area (Å²) in [5.41, 5.74) is 0. The summed E-state index contributed by atoms with van der Waals surface area (Å²) in [6.45, 7) is 3.92. The van der Waals surface area contributed by atoms with E-state index in [2.05, 4.69) is 15.4 Å². The van der Waals surface area contributed by atoms with Crippen LogP contribution >= 0.6 is 0 Å². The van der Waals surface area contributed by atoms with Crippen molar-refractivity contribution in [2.75, 3.05) is 6.54 Å². The largest absolute Gasteiger partial charge is 0.349 e. The Morgan fingerprint density at radius 3 is 2.40 bits per heavy atom. The Morgan fingerprint density at radius 1 is 1.07 bits per heavy atom. The van der Waals surface area contributed by atoms with E-state index in [4.69, 9.17) is 0 Å². The third-order valence-electron chi connectivity index (χ3n) is 5.91. The third kappa shape index (κ3) is 5.26. The predicted molar refractivity (Wildman–Crippen MR) is 111 cm³/mol. The molecule has 1 aromatic carbocycles. The Morgan fingerprint density at radius 2 is 1.73 bits per heavy atom. The van der Waals surface area contributed by atoms with E-state index >= 15 is 0 Å². The molecule has 4 atom stereocenters. The number of hydrogen-bond acceptors (Lipinski definition) is 5. The minimum atomic E-state index is -3.92. The highest BCUT2D eigenvalue weighted by Crippen LogP contribution is 2.34. The van der Waals surface area contributed by atoms with Crippen LogP contribution in [-0.2, 0) is 24.4 Å². The number of carbonyl (C=O) groups excluding carboxylic acids is 3. The van der Waals surface area contributed by atoms with Crippen LogP contribution < -0.4 is 15.4 Å². The summed E-state index contributed by atoms with van der Waals surface area (Å²) in [7, 11) is -3.92. The molecule has 1 aliphatic carbocycles. The van der Waals surface area contributed by atoms with E-state index in [9.17, 15) is 22.8 Å². The van der Waals surface area contributed by atoms with Gasteiger partial charge >= 0.3 is 0 Å². The first kappa shape index (κ1) is 22.4. The normalized spacial score (nSPS) is 25.8. The zero-order chi connectivity index (χ0) is 21.9. The fraction of sp³-hybridized carbons (Fsp3) is 0.571. The smallest absolute Gasteiger partial charge is 0.289 e. The van der Waals surface area contributed by atoms with Gasteiger partial charge in [0.05, 0.1) is 10.9 Å². The Balaban J connectivity index is 1.76. The lowest BCUT2D eigenvalue weighted by Gasteiger charge is -2.25. The number of ketones is 1. The number of fused-ring (bicyclic) bond motifs is 2. The molecule has 30 heavy (non-hydrogen) atoms. The van der Waals surface area contributed by atoms with Crippen molar-refractivity contribution < 1.29 is 22.8 Å².